The molecule has 0 aromatic carbocycles. The fourth-order valence-corrected chi connectivity index (χ4v) is 11.5. The number of guanidine groups is 2. The van der Waals surface area contributed by atoms with Crippen LogP contribution in [-0.4, -0.2) is 107 Å². The molecule has 17 nitrogen and oxygen atoms in total. The molecule has 0 aromatic rings. The van der Waals surface area contributed by atoms with E-state index < -0.39 is 24.0 Å². The van der Waals surface area contributed by atoms with E-state index in [1.54, 1.807) is 0 Å². The number of rotatable bonds is 27. The number of hydrogen-bond donors (Lipinski definition) is 7. The van der Waals surface area contributed by atoms with Crippen molar-refractivity contribution in [3.63, 3.8) is 0 Å². The van der Waals surface area contributed by atoms with Gasteiger partial charge in [0.2, 0.25) is 17.7 Å². The van der Waals surface area contributed by atoms with Gasteiger partial charge in [-0.25, -0.2) is 4.79 Å². The number of ether oxygens (including phenoxy) is 4. The zero-order valence-corrected chi connectivity index (χ0v) is 39.6. The Balaban J connectivity index is 1.11. The van der Waals surface area contributed by atoms with Crippen LogP contribution in [-0.2, 0) is 33.3 Å². The second-order valence-electron chi connectivity index (χ2n) is 19.7. The molecule has 4 rings (SSSR count). The summed E-state index contributed by atoms with van der Waals surface area (Å²) in [5.74, 6) is 3.38. The molecular weight excluding hydrogens is 819 g/mol. The van der Waals surface area contributed by atoms with Crippen molar-refractivity contribution in [2.24, 2.45) is 79.3 Å². The molecule has 0 heterocycles. The molecule has 17 heteroatoms. The number of hydrogen-bond acceptors (Lipinski definition) is 10. The average Bonchev–Trinajstić information content (AvgIpc) is 3.60. The molecule has 364 valence electrons. The minimum Gasteiger partial charge on any atom is -0.432 e. The number of nitrogens with two attached hydrogens (primary N) is 4. The Bertz CT molecular complexity index is 1600. The van der Waals surface area contributed by atoms with Gasteiger partial charge in [0.1, 0.15) is 25.4 Å². The van der Waals surface area contributed by atoms with E-state index in [1.807, 2.05) is 0 Å². The first kappa shape index (κ1) is 52.5. The van der Waals surface area contributed by atoms with Crippen LogP contribution in [0.1, 0.15) is 131 Å². The van der Waals surface area contributed by atoms with Crippen LogP contribution in [0.25, 0.3) is 0 Å². The van der Waals surface area contributed by atoms with Crippen LogP contribution in [0, 0.1) is 46.3 Å². The lowest BCUT2D eigenvalue weighted by Crippen LogP contribution is -2.51. The van der Waals surface area contributed by atoms with Crippen molar-refractivity contribution in [2.45, 2.75) is 143 Å². The highest BCUT2D eigenvalue weighted by atomic mass is 16.7. The van der Waals surface area contributed by atoms with Crippen molar-refractivity contribution >= 4 is 35.8 Å². The molecule has 0 aromatic heterocycles. The molecule has 64 heavy (non-hydrogen) atoms. The number of allylic oxidation sites excluding steroid dienone is 1. The molecule has 9 unspecified atom stereocenters. The minimum atomic E-state index is -0.976. The Morgan fingerprint density at radius 1 is 0.781 bits per heavy atom. The average molecular weight is 902 g/mol. The molecule has 4 aliphatic rings. The molecule has 3 fully saturated rings. The van der Waals surface area contributed by atoms with Gasteiger partial charge < -0.3 is 57.8 Å². The highest BCUT2D eigenvalue weighted by Gasteiger charge is 2.59. The minimum absolute atomic E-state index is 0.00318. The Labute approximate surface area is 382 Å². The maximum atomic E-state index is 12.9. The summed E-state index contributed by atoms with van der Waals surface area (Å²) in [6, 6.07) is -0.976. The summed E-state index contributed by atoms with van der Waals surface area (Å²) in [5, 5.41) is 8.13. The zero-order valence-electron chi connectivity index (χ0n) is 39.6. The highest BCUT2D eigenvalue weighted by molar-refractivity contribution is 5.88. The van der Waals surface area contributed by atoms with Crippen LogP contribution >= 0.6 is 0 Å². The fourth-order valence-electron chi connectivity index (χ4n) is 11.5. The van der Waals surface area contributed by atoms with Crippen LogP contribution in [0.4, 0.5) is 4.79 Å². The second-order valence-corrected chi connectivity index (χ2v) is 19.7. The van der Waals surface area contributed by atoms with Gasteiger partial charge in [-0.3, -0.25) is 24.4 Å². The van der Waals surface area contributed by atoms with E-state index in [0.29, 0.717) is 43.8 Å². The van der Waals surface area contributed by atoms with E-state index in [4.69, 9.17) is 41.9 Å². The lowest BCUT2D eigenvalue weighted by Gasteiger charge is -2.58. The van der Waals surface area contributed by atoms with Gasteiger partial charge in [0.05, 0.1) is 19.8 Å². The second kappa shape index (κ2) is 26.1. The number of carbonyl (C=O) groups is 4. The van der Waals surface area contributed by atoms with Gasteiger partial charge in [-0.1, -0.05) is 65.5 Å². The molecule has 3 saturated carbocycles. The van der Waals surface area contributed by atoms with Crippen LogP contribution in [0.2, 0.25) is 0 Å². The third-order valence-electron chi connectivity index (χ3n) is 14.8. The molecule has 9 atom stereocenters. The number of nitrogens with one attached hydrogen (secondary N) is 3. The molecule has 11 N–H and O–H groups in total. The summed E-state index contributed by atoms with van der Waals surface area (Å²) in [6.45, 7) is 13.8. The van der Waals surface area contributed by atoms with Gasteiger partial charge in [0, 0.05) is 39.0 Å². The quantitative estimate of drug-likeness (QED) is 0.0199. The van der Waals surface area contributed by atoms with Crippen molar-refractivity contribution in [1.82, 2.24) is 16.0 Å². The van der Waals surface area contributed by atoms with Crippen LogP contribution < -0.4 is 38.9 Å². The summed E-state index contributed by atoms with van der Waals surface area (Å²) >= 11 is 0. The van der Waals surface area contributed by atoms with Crippen molar-refractivity contribution in [2.75, 3.05) is 59.2 Å². The van der Waals surface area contributed by atoms with E-state index in [1.165, 1.54) is 50.5 Å². The molecule has 0 bridgehead atoms. The third-order valence-corrected chi connectivity index (χ3v) is 14.8. The Kier molecular flexibility index (Phi) is 21.4. The van der Waals surface area contributed by atoms with Gasteiger partial charge >= 0.3 is 6.16 Å². The van der Waals surface area contributed by atoms with E-state index in [9.17, 15) is 19.2 Å². The number of amides is 3. The van der Waals surface area contributed by atoms with Crippen LogP contribution in [0.3, 0.4) is 0 Å². The van der Waals surface area contributed by atoms with E-state index >= 15 is 0 Å². The summed E-state index contributed by atoms with van der Waals surface area (Å²) in [4.78, 5) is 58.4. The Morgan fingerprint density at radius 3 is 2.17 bits per heavy atom. The van der Waals surface area contributed by atoms with Gasteiger partial charge in [-0.05, 0) is 111 Å². The fraction of sp³-hybridized carbons (Fsp3) is 0.830. The van der Waals surface area contributed by atoms with Gasteiger partial charge in [0.25, 0.3) is 0 Å². The van der Waals surface area contributed by atoms with Crippen LogP contribution in [0.15, 0.2) is 21.6 Å². The lowest BCUT2D eigenvalue weighted by atomic mass is 9.47. The Hall–Kier alpha value is -4.12. The van der Waals surface area contributed by atoms with Gasteiger partial charge in [-0.2, -0.15) is 0 Å². The largest absolute Gasteiger partial charge is 0.508 e. The zero-order chi connectivity index (χ0) is 46.7. The van der Waals surface area contributed by atoms with E-state index in [-0.39, 0.29) is 81.8 Å². The number of carbonyl (C=O) groups excluding carboxylic acids is 4. The van der Waals surface area contributed by atoms with Crippen molar-refractivity contribution in [1.29, 1.82) is 0 Å². The standard InChI is InChI=1S/C47H83N9O8/c1-31(2)9-6-10-32(3)36-13-14-37-35-12-11-33-29-34(17-19-46(33,4)38(35)18-20-47(36,37)5)64-45(60)63-28-27-61-25-26-62-30-41(58)56-39(42(59)53-22-8-24-55-44(50)51)15-16-40(57)52-21-7-23-54-43(48)49/h11,31-32,34-39H,6-10,12-30H2,1-5H3,(H,52,57)(H,53,59)(H,56,58)(H4,48,49,54)(H4,50,51,55). The molecule has 0 aliphatic heterocycles. The topological polar surface area (TPSA) is 270 Å². The smallest absolute Gasteiger partial charge is 0.432 e. The van der Waals surface area contributed by atoms with Crippen LogP contribution in [0.5, 0.6) is 0 Å². The first-order valence-corrected chi connectivity index (χ1v) is 24.2. The van der Waals surface area contributed by atoms with E-state index in [2.05, 4.69) is 66.6 Å². The summed E-state index contributed by atoms with van der Waals surface area (Å²) in [6.07, 6.45) is 16.0. The molecule has 0 spiro atoms. The summed E-state index contributed by atoms with van der Waals surface area (Å²) < 4.78 is 22.2. The van der Waals surface area contributed by atoms with Gasteiger partial charge in [-0.15, -0.1) is 0 Å². The SMILES string of the molecule is CC(C)CCCC(C)C1CCC2C3CC=C4CC(OC(=O)OCCOCCOCC(=O)NC(CCC(=O)NCCCN=C(N)N)C(=O)NCCCN=C(N)N)CCC4(C)C3CCC12C. The Morgan fingerprint density at radius 2 is 1.47 bits per heavy atom. The number of fused-ring (bicyclic) bond motifs is 5. The molecule has 0 radical (unpaired) electrons. The molecular formula is C47H83N9O8. The summed E-state index contributed by atoms with van der Waals surface area (Å²) in [7, 11) is 0. The predicted octanol–water partition coefficient (Wildman–Crippen LogP) is 4.41. The molecule has 3 amide bonds. The number of aliphatic imine (C=N–C) groups is 2. The monoisotopic (exact) mass is 902 g/mol. The lowest BCUT2D eigenvalue weighted by molar-refractivity contribution is -0.132. The predicted molar refractivity (Wildman–Crippen MR) is 249 cm³/mol. The summed E-state index contributed by atoms with van der Waals surface area (Å²) in [5.41, 5.74) is 23.4. The highest BCUT2D eigenvalue weighted by Crippen LogP contribution is 2.67. The normalized spacial score (nSPS) is 26.8. The van der Waals surface area contributed by atoms with Gasteiger partial charge in [0.15, 0.2) is 11.9 Å². The van der Waals surface area contributed by atoms with Crippen molar-refractivity contribution in [3.8, 4) is 0 Å². The third kappa shape index (κ3) is 16.1. The van der Waals surface area contributed by atoms with Crippen molar-refractivity contribution in [3.05, 3.63) is 11.6 Å². The maximum Gasteiger partial charge on any atom is 0.508 e. The first-order chi connectivity index (χ1) is 30.5. The number of nitrogens with zero attached hydrogens (tertiary/aromatic N) is 2. The van der Waals surface area contributed by atoms with Crippen molar-refractivity contribution < 1.29 is 38.1 Å². The van der Waals surface area contributed by atoms with E-state index in [0.717, 1.165) is 55.3 Å². The first-order valence-electron chi connectivity index (χ1n) is 24.2. The maximum absolute atomic E-state index is 12.9. The molecule has 4 aliphatic carbocycles. The molecule has 0 saturated heterocycles.